The number of anilines is 1. The summed E-state index contributed by atoms with van der Waals surface area (Å²) in [7, 11) is 1.62. The van der Waals surface area contributed by atoms with E-state index < -0.39 is 0 Å². The summed E-state index contributed by atoms with van der Waals surface area (Å²) in [5.74, 6) is 0.533. The number of carbonyl (C=O) groups is 1. The van der Waals surface area contributed by atoms with Crippen molar-refractivity contribution in [1.82, 2.24) is 20.2 Å². The van der Waals surface area contributed by atoms with Crippen molar-refractivity contribution >= 4 is 11.6 Å². The molecule has 0 radical (unpaired) electrons. The summed E-state index contributed by atoms with van der Waals surface area (Å²) in [4.78, 5) is 12.5. The number of aromatic nitrogens is 4. The Morgan fingerprint density at radius 3 is 2.62 bits per heavy atom. The van der Waals surface area contributed by atoms with E-state index >= 15 is 0 Å². The summed E-state index contributed by atoms with van der Waals surface area (Å²) in [5, 5.41) is 14.0. The highest BCUT2D eigenvalue weighted by Crippen LogP contribution is 2.18. The predicted molar refractivity (Wildman–Crippen MR) is 95.7 cm³/mol. The molecule has 0 aliphatic rings. The van der Waals surface area contributed by atoms with Crippen LogP contribution in [0.25, 0.3) is 5.69 Å². The van der Waals surface area contributed by atoms with Crippen LogP contribution < -0.4 is 10.1 Å². The minimum absolute atomic E-state index is 0.190. The molecule has 134 valence electrons. The fourth-order valence-corrected chi connectivity index (χ4v) is 2.41. The fourth-order valence-electron chi connectivity index (χ4n) is 2.41. The Balaban J connectivity index is 1.65. The molecular weight excluding hydrogens is 334 g/mol. The molecule has 0 spiro atoms. The van der Waals surface area contributed by atoms with Gasteiger partial charge in [0.15, 0.2) is 0 Å². The minimum Gasteiger partial charge on any atom is -0.491 e. The molecule has 0 fully saturated rings. The molecule has 3 aromatic rings. The molecule has 0 bridgehead atoms. The van der Waals surface area contributed by atoms with Gasteiger partial charge in [-0.3, -0.25) is 4.79 Å². The van der Waals surface area contributed by atoms with Gasteiger partial charge in [-0.1, -0.05) is 0 Å². The van der Waals surface area contributed by atoms with Gasteiger partial charge in [0.2, 0.25) is 0 Å². The molecule has 0 saturated heterocycles. The first-order valence-corrected chi connectivity index (χ1v) is 8.04. The highest BCUT2D eigenvalue weighted by atomic mass is 16.5. The summed E-state index contributed by atoms with van der Waals surface area (Å²) in [6.45, 7) is 2.91. The van der Waals surface area contributed by atoms with Crippen LogP contribution >= 0.6 is 0 Å². The molecule has 0 saturated carbocycles. The van der Waals surface area contributed by atoms with Gasteiger partial charge >= 0.3 is 0 Å². The lowest BCUT2D eigenvalue weighted by Crippen LogP contribution is -2.12. The molecule has 1 amide bonds. The van der Waals surface area contributed by atoms with Crippen LogP contribution in [-0.4, -0.2) is 46.4 Å². The number of nitrogens with zero attached hydrogens (tertiary/aromatic N) is 4. The zero-order chi connectivity index (χ0) is 18.4. The van der Waals surface area contributed by atoms with Crippen LogP contribution in [0.5, 0.6) is 5.75 Å². The number of rotatable bonds is 7. The lowest BCUT2D eigenvalue weighted by Gasteiger charge is -2.10. The van der Waals surface area contributed by atoms with Crippen LogP contribution in [0.3, 0.4) is 0 Å². The first kappa shape index (κ1) is 17.6. The Morgan fingerprint density at radius 2 is 1.96 bits per heavy atom. The van der Waals surface area contributed by atoms with Crippen LogP contribution in [0.2, 0.25) is 0 Å². The van der Waals surface area contributed by atoms with Crippen LogP contribution in [0, 0.1) is 6.92 Å². The summed E-state index contributed by atoms with van der Waals surface area (Å²) in [5.41, 5.74) is 2.96. The summed E-state index contributed by atoms with van der Waals surface area (Å²) < 4.78 is 12.0. The molecule has 1 heterocycles. The van der Waals surface area contributed by atoms with Gasteiger partial charge in [0, 0.05) is 18.4 Å². The molecule has 26 heavy (non-hydrogen) atoms. The number of carbonyl (C=O) groups excluding carboxylic acids is 1. The predicted octanol–water partition coefficient (Wildman–Crippen LogP) is 2.25. The fraction of sp³-hybridized carbons (Fsp3) is 0.222. The van der Waals surface area contributed by atoms with Crippen molar-refractivity contribution in [3.63, 3.8) is 0 Å². The second-order valence-corrected chi connectivity index (χ2v) is 5.58. The van der Waals surface area contributed by atoms with Crippen molar-refractivity contribution < 1.29 is 14.3 Å². The van der Waals surface area contributed by atoms with Crippen LogP contribution in [0.1, 0.15) is 15.9 Å². The number of methoxy groups -OCH3 is 1. The molecule has 1 aromatic heterocycles. The van der Waals surface area contributed by atoms with E-state index in [0.717, 1.165) is 17.0 Å². The maximum Gasteiger partial charge on any atom is 0.255 e. The average molecular weight is 353 g/mol. The SMILES string of the molecule is COCCOc1ccc(NC(=O)c2ccc(-n3cnnn3)c(C)c2)cc1. The van der Waals surface area contributed by atoms with E-state index in [1.807, 2.05) is 13.0 Å². The molecule has 0 aliphatic heterocycles. The number of hydrogen-bond acceptors (Lipinski definition) is 6. The summed E-state index contributed by atoms with van der Waals surface area (Å²) in [6.07, 6.45) is 1.51. The van der Waals surface area contributed by atoms with Crippen molar-refractivity contribution in [3.8, 4) is 11.4 Å². The lowest BCUT2D eigenvalue weighted by molar-refractivity contribution is 0.102. The Bertz CT molecular complexity index is 863. The standard InChI is InChI=1S/C18H19N5O3/c1-13-11-14(3-8-17(13)23-12-19-21-22-23)18(24)20-15-4-6-16(7-5-15)26-10-9-25-2/h3-8,11-12H,9-10H2,1-2H3,(H,20,24). The molecule has 8 heteroatoms. The number of nitrogens with one attached hydrogen (secondary N) is 1. The molecular formula is C18H19N5O3. The smallest absolute Gasteiger partial charge is 0.255 e. The van der Waals surface area contributed by atoms with Crippen molar-refractivity contribution in [2.24, 2.45) is 0 Å². The van der Waals surface area contributed by atoms with Gasteiger partial charge in [0.05, 0.1) is 12.3 Å². The Hall–Kier alpha value is -3.26. The quantitative estimate of drug-likeness (QED) is 0.655. The summed E-state index contributed by atoms with van der Waals surface area (Å²) >= 11 is 0. The van der Waals surface area contributed by atoms with Crippen LogP contribution in [-0.2, 0) is 4.74 Å². The van der Waals surface area contributed by atoms with Crippen molar-refractivity contribution in [2.45, 2.75) is 6.92 Å². The van der Waals surface area contributed by atoms with Gasteiger partial charge in [0.25, 0.3) is 5.91 Å². The van der Waals surface area contributed by atoms with E-state index in [1.54, 1.807) is 48.2 Å². The molecule has 8 nitrogen and oxygen atoms in total. The molecule has 2 aromatic carbocycles. The number of tetrazole rings is 1. The van der Waals surface area contributed by atoms with Gasteiger partial charge in [-0.05, 0) is 65.4 Å². The zero-order valence-electron chi connectivity index (χ0n) is 14.5. The first-order chi connectivity index (χ1) is 12.7. The van der Waals surface area contributed by atoms with Crippen molar-refractivity contribution in [1.29, 1.82) is 0 Å². The number of benzene rings is 2. The van der Waals surface area contributed by atoms with Crippen molar-refractivity contribution in [3.05, 3.63) is 59.9 Å². The van der Waals surface area contributed by atoms with Crippen LogP contribution in [0.4, 0.5) is 5.69 Å². The van der Waals surface area contributed by atoms with E-state index in [9.17, 15) is 4.79 Å². The van der Waals surface area contributed by atoms with Gasteiger partial charge < -0.3 is 14.8 Å². The monoisotopic (exact) mass is 353 g/mol. The van der Waals surface area contributed by atoms with E-state index in [0.29, 0.717) is 24.5 Å². The van der Waals surface area contributed by atoms with Crippen molar-refractivity contribution in [2.75, 3.05) is 25.6 Å². The van der Waals surface area contributed by atoms with E-state index in [-0.39, 0.29) is 5.91 Å². The number of amides is 1. The first-order valence-electron chi connectivity index (χ1n) is 8.04. The maximum absolute atomic E-state index is 12.5. The highest BCUT2D eigenvalue weighted by Gasteiger charge is 2.10. The molecule has 3 rings (SSSR count). The maximum atomic E-state index is 12.5. The third kappa shape index (κ3) is 4.22. The average Bonchev–Trinajstić information content (AvgIpc) is 3.17. The molecule has 0 aliphatic carbocycles. The highest BCUT2D eigenvalue weighted by molar-refractivity contribution is 6.04. The van der Waals surface area contributed by atoms with Crippen LogP contribution in [0.15, 0.2) is 48.8 Å². The Morgan fingerprint density at radius 1 is 1.15 bits per heavy atom. The van der Waals surface area contributed by atoms with Gasteiger partial charge in [-0.25, -0.2) is 4.68 Å². The van der Waals surface area contributed by atoms with E-state index in [4.69, 9.17) is 9.47 Å². The Kier molecular flexibility index (Phi) is 5.55. The largest absolute Gasteiger partial charge is 0.491 e. The number of hydrogen-bond donors (Lipinski definition) is 1. The number of aryl methyl sites for hydroxylation is 1. The van der Waals surface area contributed by atoms with Gasteiger partial charge in [-0.2, -0.15) is 0 Å². The topological polar surface area (TPSA) is 91.2 Å². The number of ether oxygens (including phenoxy) is 2. The molecule has 1 N–H and O–H groups in total. The van der Waals surface area contributed by atoms with E-state index in [1.165, 1.54) is 6.33 Å². The minimum atomic E-state index is -0.190. The third-order valence-corrected chi connectivity index (χ3v) is 3.72. The lowest BCUT2D eigenvalue weighted by atomic mass is 10.1. The second kappa shape index (κ2) is 8.21. The van der Waals surface area contributed by atoms with E-state index in [2.05, 4.69) is 20.8 Å². The normalized spacial score (nSPS) is 10.5. The summed E-state index contributed by atoms with van der Waals surface area (Å²) in [6, 6.07) is 12.5. The van der Waals surface area contributed by atoms with Gasteiger partial charge in [-0.15, -0.1) is 5.10 Å². The zero-order valence-corrected chi connectivity index (χ0v) is 14.5. The third-order valence-electron chi connectivity index (χ3n) is 3.72. The molecule has 0 unspecified atom stereocenters. The Labute approximate surface area is 150 Å². The van der Waals surface area contributed by atoms with Gasteiger partial charge in [0.1, 0.15) is 18.7 Å². The molecule has 0 atom stereocenters. The second-order valence-electron chi connectivity index (χ2n) is 5.58.